The van der Waals surface area contributed by atoms with Gasteiger partial charge in [0.15, 0.2) is 0 Å². The topological polar surface area (TPSA) is 50.4 Å². The summed E-state index contributed by atoms with van der Waals surface area (Å²) in [5.41, 5.74) is 1.20. The number of nitrogens with one attached hydrogen (secondary N) is 2. The molecule has 2 rings (SSSR count). The summed E-state index contributed by atoms with van der Waals surface area (Å²) >= 11 is 11.8. The molecule has 0 radical (unpaired) electrons. The Balaban J connectivity index is 1.90. The van der Waals surface area contributed by atoms with Gasteiger partial charge in [-0.3, -0.25) is 4.79 Å². The number of carbonyl (C=O) groups excluding carboxylic acids is 1. The van der Waals surface area contributed by atoms with Crippen molar-refractivity contribution in [3.63, 3.8) is 0 Å². The highest BCUT2D eigenvalue weighted by atomic mass is 35.5. The van der Waals surface area contributed by atoms with E-state index < -0.39 is 5.82 Å². The molecule has 1 amide bonds. The molecular weight excluding hydrogens is 366 g/mol. The lowest BCUT2D eigenvalue weighted by Crippen LogP contribution is -2.30. The van der Waals surface area contributed by atoms with Crippen molar-refractivity contribution in [2.45, 2.75) is 19.9 Å². The molecule has 2 aromatic carbocycles. The number of halogens is 3. The summed E-state index contributed by atoms with van der Waals surface area (Å²) in [6, 6.07) is 9.40. The minimum absolute atomic E-state index is 0.0332. The van der Waals surface area contributed by atoms with Crippen molar-refractivity contribution in [1.82, 2.24) is 5.32 Å². The number of amides is 1. The summed E-state index contributed by atoms with van der Waals surface area (Å²) in [5, 5.41) is 6.09. The molecule has 7 heteroatoms. The normalized spacial score (nSPS) is 11.9. The van der Waals surface area contributed by atoms with Crippen molar-refractivity contribution in [2.24, 2.45) is 0 Å². The molecule has 0 aliphatic carbocycles. The van der Waals surface area contributed by atoms with E-state index in [9.17, 15) is 9.18 Å². The SMILES string of the molecule is CCOc1ccc(NC(=O)CN[C@@H](C)c2cc(F)c(Cl)cc2Cl)cc1. The zero-order valence-corrected chi connectivity index (χ0v) is 15.4. The third-order valence-electron chi connectivity index (χ3n) is 3.52. The van der Waals surface area contributed by atoms with Crippen molar-refractivity contribution < 1.29 is 13.9 Å². The molecule has 0 spiro atoms. The van der Waals surface area contributed by atoms with Crippen LogP contribution >= 0.6 is 23.2 Å². The van der Waals surface area contributed by atoms with Crippen LogP contribution in [0.25, 0.3) is 0 Å². The Hall–Kier alpha value is -1.82. The molecule has 0 aromatic heterocycles. The van der Waals surface area contributed by atoms with E-state index >= 15 is 0 Å². The van der Waals surface area contributed by atoms with E-state index in [0.717, 1.165) is 5.75 Å². The van der Waals surface area contributed by atoms with Gasteiger partial charge in [0.05, 0.1) is 18.2 Å². The fraction of sp³-hybridized carbons (Fsp3) is 0.278. The Morgan fingerprint density at radius 1 is 1.20 bits per heavy atom. The Kier molecular flexibility index (Phi) is 7.05. The van der Waals surface area contributed by atoms with Crippen LogP contribution in [0.15, 0.2) is 36.4 Å². The zero-order valence-electron chi connectivity index (χ0n) is 13.9. The number of anilines is 1. The molecule has 0 aliphatic rings. The molecule has 0 unspecified atom stereocenters. The monoisotopic (exact) mass is 384 g/mol. The van der Waals surface area contributed by atoms with Gasteiger partial charge in [0, 0.05) is 16.8 Å². The minimum atomic E-state index is -0.548. The lowest BCUT2D eigenvalue weighted by atomic mass is 10.1. The van der Waals surface area contributed by atoms with E-state index in [0.29, 0.717) is 22.9 Å². The van der Waals surface area contributed by atoms with Gasteiger partial charge in [-0.15, -0.1) is 0 Å². The van der Waals surface area contributed by atoms with Gasteiger partial charge >= 0.3 is 0 Å². The predicted octanol–water partition coefficient (Wildman–Crippen LogP) is 4.82. The molecule has 2 aromatic rings. The van der Waals surface area contributed by atoms with Gasteiger partial charge in [0.2, 0.25) is 5.91 Å². The summed E-state index contributed by atoms with van der Waals surface area (Å²) < 4.78 is 18.9. The third kappa shape index (κ3) is 5.59. The highest BCUT2D eigenvalue weighted by Gasteiger charge is 2.14. The maximum Gasteiger partial charge on any atom is 0.238 e. The Morgan fingerprint density at radius 3 is 2.52 bits per heavy atom. The van der Waals surface area contributed by atoms with Crippen LogP contribution in [0.1, 0.15) is 25.5 Å². The fourth-order valence-electron chi connectivity index (χ4n) is 2.23. The van der Waals surface area contributed by atoms with Crippen LogP contribution in [0.3, 0.4) is 0 Å². The van der Waals surface area contributed by atoms with Crippen molar-refractivity contribution in [2.75, 3.05) is 18.5 Å². The first-order valence-corrected chi connectivity index (χ1v) is 8.56. The number of rotatable bonds is 7. The highest BCUT2D eigenvalue weighted by molar-refractivity contribution is 6.35. The molecule has 134 valence electrons. The van der Waals surface area contributed by atoms with Crippen LogP contribution in [0.2, 0.25) is 10.0 Å². The van der Waals surface area contributed by atoms with Gasteiger partial charge in [-0.1, -0.05) is 23.2 Å². The minimum Gasteiger partial charge on any atom is -0.494 e. The van der Waals surface area contributed by atoms with E-state index in [1.807, 2.05) is 6.92 Å². The van der Waals surface area contributed by atoms with Crippen LogP contribution in [0, 0.1) is 5.82 Å². The molecule has 0 aliphatic heterocycles. The molecule has 2 N–H and O–H groups in total. The average Bonchev–Trinajstić information content (AvgIpc) is 2.58. The van der Waals surface area contributed by atoms with E-state index in [2.05, 4.69) is 10.6 Å². The van der Waals surface area contributed by atoms with Crippen molar-refractivity contribution in [3.8, 4) is 5.75 Å². The van der Waals surface area contributed by atoms with E-state index in [4.69, 9.17) is 27.9 Å². The van der Waals surface area contributed by atoms with Crippen molar-refractivity contribution >= 4 is 34.8 Å². The molecule has 0 saturated carbocycles. The Bertz CT molecular complexity index is 739. The van der Waals surface area contributed by atoms with Gasteiger partial charge in [-0.2, -0.15) is 0 Å². The maximum absolute atomic E-state index is 13.6. The first kappa shape index (κ1) is 19.5. The summed E-state index contributed by atoms with van der Waals surface area (Å²) in [4.78, 5) is 12.0. The Morgan fingerprint density at radius 2 is 1.88 bits per heavy atom. The average molecular weight is 385 g/mol. The smallest absolute Gasteiger partial charge is 0.238 e. The van der Waals surface area contributed by atoms with Crippen LogP contribution in [-0.2, 0) is 4.79 Å². The second kappa shape index (κ2) is 9.04. The number of ether oxygens (including phenoxy) is 1. The molecule has 25 heavy (non-hydrogen) atoms. The first-order valence-electron chi connectivity index (χ1n) is 7.81. The van der Waals surface area contributed by atoms with Gasteiger partial charge in [-0.05, 0) is 55.8 Å². The maximum atomic E-state index is 13.6. The van der Waals surface area contributed by atoms with Gasteiger partial charge < -0.3 is 15.4 Å². The predicted molar refractivity (Wildman–Crippen MR) is 99.1 cm³/mol. The Labute approximate surface area is 156 Å². The molecule has 0 bridgehead atoms. The summed E-state index contributed by atoms with van der Waals surface area (Å²) in [6.07, 6.45) is 0. The molecule has 0 fully saturated rings. The lowest BCUT2D eigenvalue weighted by molar-refractivity contribution is -0.115. The van der Waals surface area contributed by atoms with E-state index in [1.165, 1.54) is 12.1 Å². The number of benzene rings is 2. The van der Waals surface area contributed by atoms with E-state index in [-0.39, 0.29) is 23.5 Å². The number of carbonyl (C=O) groups is 1. The number of hydrogen-bond acceptors (Lipinski definition) is 3. The van der Waals surface area contributed by atoms with Crippen LogP contribution in [0.4, 0.5) is 10.1 Å². The van der Waals surface area contributed by atoms with Crippen molar-refractivity contribution in [3.05, 3.63) is 57.8 Å². The third-order valence-corrected chi connectivity index (χ3v) is 4.14. The second-order valence-corrected chi connectivity index (χ2v) is 6.21. The highest BCUT2D eigenvalue weighted by Crippen LogP contribution is 2.28. The number of hydrogen-bond donors (Lipinski definition) is 2. The van der Waals surface area contributed by atoms with Crippen LogP contribution in [0.5, 0.6) is 5.75 Å². The quantitative estimate of drug-likeness (QED) is 0.672. The fourth-order valence-corrected chi connectivity index (χ4v) is 2.78. The van der Waals surface area contributed by atoms with Gasteiger partial charge in [0.25, 0.3) is 0 Å². The molecule has 0 saturated heterocycles. The zero-order chi connectivity index (χ0) is 18.4. The standard InChI is InChI=1S/C18H19Cl2FN2O2/c1-3-25-13-6-4-12(5-7-13)23-18(24)10-22-11(2)14-8-17(21)16(20)9-15(14)19/h4-9,11,22H,3,10H2,1-2H3,(H,23,24)/t11-/m0/s1. The summed E-state index contributed by atoms with van der Waals surface area (Å²) in [7, 11) is 0. The summed E-state index contributed by atoms with van der Waals surface area (Å²) in [6.45, 7) is 4.33. The lowest BCUT2D eigenvalue weighted by Gasteiger charge is -2.16. The second-order valence-electron chi connectivity index (χ2n) is 5.40. The van der Waals surface area contributed by atoms with Crippen molar-refractivity contribution in [1.29, 1.82) is 0 Å². The van der Waals surface area contributed by atoms with E-state index in [1.54, 1.807) is 31.2 Å². The van der Waals surface area contributed by atoms with Crippen LogP contribution in [-0.4, -0.2) is 19.1 Å². The molecule has 4 nitrogen and oxygen atoms in total. The molecular formula is C18H19Cl2FN2O2. The first-order chi connectivity index (χ1) is 11.9. The molecule has 1 atom stereocenters. The van der Waals surface area contributed by atoms with Gasteiger partial charge in [0.1, 0.15) is 11.6 Å². The van der Waals surface area contributed by atoms with Crippen LogP contribution < -0.4 is 15.4 Å². The summed E-state index contributed by atoms with van der Waals surface area (Å²) in [5.74, 6) is -0.0261. The molecule has 0 heterocycles. The largest absolute Gasteiger partial charge is 0.494 e. The van der Waals surface area contributed by atoms with Gasteiger partial charge in [-0.25, -0.2) is 4.39 Å².